The van der Waals surface area contributed by atoms with E-state index in [1.54, 1.807) is 0 Å². The van der Waals surface area contributed by atoms with E-state index in [9.17, 15) is 0 Å². The van der Waals surface area contributed by atoms with Crippen LogP contribution in [0.2, 0.25) is 0 Å². The van der Waals surface area contributed by atoms with Crippen molar-refractivity contribution in [3.05, 3.63) is 333 Å². The van der Waals surface area contributed by atoms with Crippen molar-refractivity contribution >= 4 is 119 Å². The predicted octanol–water partition coefficient (Wildman–Crippen LogP) is 22.3. The molecule has 4 aliphatic rings. The average molecular weight is 1380 g/mol. The van der Waals surface area contributed by atoms with Crippen molar-refractivity contribution in [2.75, 3.05) is 4.90 Å². The minimum absolute atomic E-state index is 0.0374. The topological polar surface area (TPSA) is 31.6 Å². The van der Waals surface area contributed by atoms with Gasteiger partial charge < -0.3 is 23.5 Å². The SMILES string of the molecule is CC(C)(C)c1ccc2c(c1)c1cc(C(C)(C)C)ccc1n2-c1ccc2c(c1)Sc1cc(-c3cc4c5c(c3-c3ccccc3-c3ccccc3)Oc3ccccc3B5c3ccccc3O4)cc3c1B2c1ccc(-n2c4ccccc4c4ccccc42)cc1N3c1cc(-c2ccccc2)cc(-c2ccccc2)c1. The Kier molecular flexibility index (Phi) is 13.9. The fourth-order valence-electron chi connectivity index (χ4n) is 17.7. The molecule has 0 atom stereocenters. The highest BCUT2D eigenvalue weighted by molar-refractivity contribution is 8.00. The predicted molar refractivity (Wildman–Crippen MR) is 447 cm³/mol. The molecule has 8 heteroatoms. The molecule has 0 unspecified atom stereocenters. The summed E-state index contributed by atoms with van der Waals surface area (Å²) in [5.41, 5.74) is 30.7. The van der Waals surface area contributed by atoms with E-state index in [1.165, 1.54) is 69.9 Å². The Balaban J connectivity index is 0.880. The van der Waals surface area contributed by atoms with Gasteiger partial charge in [0.15, 0.2) is 0 Å². The lowest BCUT2D eigenvalue weighted by molar-refractivity contribution is 0.466. The summed E-state index contributed by atoms with van der Waals surface area (Å²) in [6.45, 7) is 13.6. The van der Waals surface area contributed by atoms with Crippen LogP contribution >= 0.6 is 11.8 Å². The number of hydrogen-bond acceptors (Lipinski definition) is 4. The highest BCUT2D eigenvalue weighted by Gasteiger charge is 2.45. The zero-order chi connectivity index (χ0) is 70.8. The Labute approximate surface area is 622 Å². The van der Waals surface area contributed by atoms with E-state index in [0.29, 0.717) is 0 Å². The third-order valence-electron chi connectivity index (χ3n) is 22.8. The molecular formula is C98H71B2N3O2S. The normalized spacial score (nSPS) is 13.2. The highest BCUT2D eigenvalue weighted by atomic mass is 32.2. The first-order valence-electron chi connectivity index (χ1n) is 37.0. The van der Waals surface area contributed by atoms with Crippen molar-refractivity contribution in [2.45, 2.75) is 62.2 Å². The summed E-state index contributed by atoms with van der Waals surface area (Å²) >= 11 is 1.90. The molecule has 0 saturated heterocycles. The summed E-state index contributed by atoms with van der Waals surface area (Å²) in [4.78, 5) is 5.02. The minimum atomic E-state index is -0.182. The van der Waals surface area contributed by atoms with Gasteiger partial charge in [0.25, 0.3) is 6.71 Å². The molecule has 6 heterocycles. The number of para-hydroxylation sites is 4. The molecule has 21 rings (SSSR count). The fourth-order valence-corrected chi connectivity index (χ4v) is 18.9. The number of anilines is 3. The van der Waals surface area contributed by atoms with E-state index in [0.717, 1.165) is 134 Å². The molecule has 0 radical (unpaired) electrons. The monoisotopic (exact) mass is 1380 g/mol. The van der Waals surface area contributed by atoms with Crippen LogP contribution in [0.3, 0.4) is 0 Å². The van der Waals surface area contributed by atoms with Crippen molar-refractivity contribution in [2.24, 2.45) is 0 Å². The fraction of sp³-hybridized carbons (Fsp3) is 0.0816. The molecule has 0 bridgehead atoms. The Hall–Kier alpha value is -12.2. The molecule has 2 aromatic heterocycles. The third-order valence-corrected chi connectivity index (χ3v) is 23.9. The molecule has 17 aromatic rings. The Morgan fingerprint density at radius 2 is 0.792 bits per heavy atom. The minimum Gasteiger partial charge on any atom is -0.458 e. The van der Waals surface area contributed by atoms with Gasteiger partial charge in [-0.3, -0.25) is 0 Å². The van der Waals surface area contributed by atoms with Gasteiger partial charge >= 0.3 is 0 Å². The van der Waals surface area contributed by atoms with Crippen molar-refractivity contribution in [3.63, 3.8) is 0 Å². The van der Waals surface area contributed by atoms with Gasteiger partial charge in [-0.15, -0.1) is 0 Å². The molecule has 502 valence electrons. The van der Waals surface area contributed by atoms with Crippen LogP contribution in [0.1, 0.15) is 52.7 Å². The first-order chi connectivity index (χ1) is 51.8. The third kappa shape index (κ3) is 9.73. The van der Waals surface area contributed by atoms with Gasteiger partial charge in [0.1, 0.15) is 23.0 Å². The molecule has 106 heavy (non-hydrogen) atoms. The molecule has 0 spiro atoms. The van der Waals surface area contributed by atoms with Crippen LogP contribution in [0.4, 0.5) is 17.1 Å². The zero-order valence-corrected chi connectivity index (χ0v) is 60.6. The van der Waals surface area contributed by atoms with Gasteiger partial charge in [0, 0.05) is 70.8 Å². The summed E-state index contributed by atoms with van der Waals surface area (Å²) in [7, 11) is 0. The van der Waals surface area contributed by atoms with Crippen molar-refractivity contribution in [3.8, 4) is 90.0 Å². The number of hydrogen-bond donors (Lipinski definition) is 0. The number of nitrogens with zero attached hydrogens (tertiary/aromatic N) is 3. The molecule has 0 aliphatic carbocycles. The first kappa shape index (κ1) is 62.4. The van der Waals surface area contributed by atoms with E-state index in [-0.39, 0.29) is 24.3 Å². The Bertz CT molecular complexity index is 6350. The van der Waals surface area contributed by atoms with Crippen LogP contribution in [0.15, 0.2) is 331 Å². The smallest absolute Gasteiger partial charge is 0.260 e. The summed E-state index contributed by atoms with van der Waals surface area (Å²) in [5.74, 6) is 3.27. The summed E-state index contributed by atoms with van der Waals surface area (Å²) in [6, 6.07) is 120. The Morgan fingerprint density at radius 3 is 1.40 bits per heavy atom. The van der Waals surface area contributed by atoms with E-state index < -0.39 is 0 Å². The quantitative estimate of drug-likeness (QED) is 0.142. The lowest BCUT2D eigenvalue weighted by Gasteiger charge is -2.41. The van der Waals surface area contributed by atoms with E-state index in [1.807, 2.05) is 11.8 Å². The molecule has 0 N–H and O–H groups in total. The maximum atomic E-state index is 7.63. The first-order valence-corrected chi connectivity index (χ1v) is 37.8. The molecule has 0 fully saturated rings. The maximum Gasteiger partial charge on any atom is 0.260 e. The number of aromatic nitrogens is 2. The number of fused-ring (bicyclic) bond motifs is 14. The lowest BCUT2D eigenvalue weighted by Crippen LogP contribution is -2.59. The molecule has 0 amide bonds. The zero-order valence-electron chi connectivity index (χ0n) is 59.8. The second-order valence-corrected chi connectivity index (χ2v) is 32.2. The van der Waals surface area contributed by atoms with Crippen LogP contribution in [0, 0.1) is 0 Å². The van der Waals surface area contributed by atoms with Gasteiger partial charge in [0.2, 0.25) is 6.71 Å². The summed E-state index contributed by atoms with van der Waals surface area (Å²) in [6.07, 6.45) is 0. The second kappa shape index (κ2) is 23.7. The van der Waals surface area contributed by atoms with Gasteiger partial charge in [-0.2, -0.15) is 0 Å². The van der Waals surface area contributed by atoms with Crippen LogP contribution in [-0.4, -0.2) is 22.6 Å². The van der Waals surface area contributed by atoms with E-state index >= 15 is 0 Å². The van der Waals surface area contributed by atoms with E-state index in [4.69, 9.17) is 9.47 Å². The van der Waals surface area contributed by atoms with Crippen LogP contribution < -0.4 is 47.2 Å². The van der Waals surface area contributed by atoms with Gasteiger partial charge in [0.05, 0.1) is 22.1 Å². The standard InChI is InChI=1S/C98H71B2N3O2S/c1-97(2,3)66-42-48-84-76(55-66)77-56-67(98(4,5)6)43-49-85(77)102(84)69-45-47-81-91(58-69)106-92-54-65(75-59-90-95-96(93(75)74-35-17-16-32-71(74)62-30-14-9-15-31-62)105-89-41-25-21-37-80(89)100(95)79-36-20-24-40-88(79)104-90)53-87-94(92)99(81)78-46-44-68(101-82-38-22-18-33-72(82)73-34-19-23-39-83(73)101)57-86(78)103(87)70-51-63(60-26-10-7-11-27-60)50-64(52-70)61-28-12-8-13-29-61/h7-59H,1-6H3. The van der Waals surface area contributed by atoms with Crippen molar-refractivity contribution in [1.29, 1.82) is 0 Å². The summed E-state index contributed by atoms with van der Waals surface area (Å²) < 4.78 is 20.0. The maximum absolute atomic E-state index is 7.63. The van der Waals surface area contributed by atoms with Gasteiger partial charge in [-0.05, 0) is 203 Å². The van der Waals surface area contributed by atoms with Gasteiger partial charge in [-0.1, -0.05) is 271 Å². The molecule has 15 aromatic carbocycles. The number of ether oxygens (including phenoxy) is 2. The number of benzene rings is 15. The molecule has 4 aliphatic heterocycles. The summed E-state index contributed by atoms with van der Waals surface area (Å²) in [5, 5.41) is 4.98. The number of rotatable bonds is 8. The largest absolute Gasteiger partial charge is 0.458 e. The lowest BCUT2D eigenvalue weighted by atomic mass is 9.34. The van der Waals surface area contributed by atoms with Crippen LogP contribution in [0.25, 0.3) is 111 Å². The average Bonchev–Trinajstić information content (AvgIpc) is 0.833. The van der Waals surface area contributed by atoms with E-state index in [2.05, 4.69) is 377 Å². The van der Waals surface area contributed by atoms with Gasteiger partial charge in [-0.25, -0.2) is 0 Å². The molecule has 0 saturated carbocycles. The molecule has 5 nitrogen and oxygen atoms in total. The molecular weight excluding hydrogens is 1300 g/mol. The van der Waals surface area contributed by atoms with Crippen molar-refractivity contribution < 1.29 is 9.47 Å². The van der Waals surface area contributed by atoms with Crippen molar-refractivity contribution in [1.82, 2.24) is 9.13 Å². The highest BCUT2D eigenvalue weighted by Crippen LogP contribution is 2.53. The Morgan fingerprint density at radius 1 is 0.292 bits per heavy atom. The van der Waals surface area contributed by atoms with Crippen LogP contribution in [0.5, 0.6) is 23.0 Å². The van der Waals surface area contributed by atoms with Crippen LogP contribution in [-0.2, 0) is 10.8 Å². The second-order valence-electron chi connectivity index (χ2n) is 31.1.